The van der Waals surface area contributed by atoms with Gasteiger partial charge in [0, 0.05) is 18.0 Å². The Bertz CT molecular complexity index is 505. The predicted octanol–water partition coefficient (Wildman–Crippen LogP) is 2.66. The van der Waals surface area contributed by atoms with Crippen molar-refractivity contribution < 1.29 is 9.53 Å². The smallest absolute Gasteiger partial charge is 0.309 e. The Labute approximate surface area is 97.2 Å². The molecule has 1 heterocycles. The summed E-state index contributed by atoms with van der Waals surface area (Å²) in [7, 11) is 0. The van der Waals surface area contributed by atoms with Gasteiger partial charge in [0.1, 0.15) is 0 Å². The Balaban J connectivity index is 2.24. The zero-order valence-electron chi connectivity index (χ0n) is 8.53. The second-order valence-electron chi connectivity index (χ2n) is 3.22. The quantitative estimate of drug-likeness (QED) is 0.816. The molecule has 2 rings (SSSR count). The Morgan fingerprint density at radius 2 is 2.06 bits per heavy atom. The van der Waals surface area contributed by atoms with Crippen molar-refractivity contribution >= 4 is 17.6 Å². The third kappa shape index (κ3) is 2.41. The van der Waals surface area contributed by atoms with Crippen LogP contribution in [0, 0.1) is 0 Å². The summed E-state index contributed by atoms with van der Waals surface area (Å²) >= 11 is 5.78. The molecule has 0 bridgehead atoms. The number of aromatic amines is 1. The van der Waals surface area contributed by atoms with E-state index in [9.17, 15) is 4.79 Å². The second-order valence-corrected chi connectivity index (χ2v) is 3.66. The van der Waals surface area contributed by atoms with Crippen molar-refractivity contribution in [3.63, 3.8) is 0 Å². The van der Waals surface area contributed by atoms with Gasteiger partial charge in [0.2, 0.25) is 5.88 Å². The van der Waals surface area contributed by atoms with E-state index in [-0.39, 0.29) is 5.88 Å². The monoisotopic (exact) mass is 236 g/mol. The number of benzene rings is 1. The minimum Gasteiger partial charge on any atom is -0.406 e. The zero-order chi connectivity index (χ0) is 11.5. The molecule has 0 saturated carbocycles. The van der Waals surface area contributed by atoms with E-state index < -0.39 is 5.97 Å². The average molecular weight is 237 g/mol. The number of ether oxygens (including phenoxy) is 1. The Kier molecular flexibility index (Phi) is 2.92. The number of carbonyl (C=O) groups excluding carboxylic acids is 1. The molecule has 4 nitrogen and oxygen atoms in total. The molecule has 2 aromatic rings. The van der Waals surface area contributed by atoms with Crippen LogP contribution in [0.15, 0.2) is 30.3 Å². The average Bonchev–Trinajstić information content (AvgIpc) is 2.66. The first kappa shape index (κ1) is 10.7. The molecule has 0 aliphatic heterocycles. The van der Waals surface area contributed by atoms with E-state index in [0.717, 1.165) is 11.3 Å². The third-order valence-corrected chi connectivity index (χ3v) is 2.21. The number of hydrogen-bond donors (Lipinski definition) is 1. The first-order valence-corrected chi connectivity index (χ1v) is 5.03. The largest absolute Gasteiger partial charge is 0.406 e. The minimum absolute atomic E-state index is 0.262. The van der Waals surface area contributed by atoms with E-state index in [1.165, 1.54) is 6.92 Å². The summed E-state index contributed by atoms with van der Waals surface area (Å²) in [5.41, 5.74) is 1.70. The standard InChI is InChI=1S/C11H9ClN2O2/c1-7(15)16-11-6-10(13-14-11)8-2-4-9(12)5-3-8/h2-6H,1H3,(H,13,14). The fourth-order valence-corrected chi connectivity index (χ4v) is 1.41. The molecule has 0 fully saturated rings. The van der Waals surface area contributed by atoms with E-state index in [2.05, 4.69) is 10.2 Å². The van der Waals surface area contributed by atoms with Gasteiger partial charge in [-0.25, -0.2) is 0 Å². The molecular weight excluding hydrogens is 228 g/mol. The molecule has 82 valence electrons. The van der Waals surface area contributed by atoms with Crippen LogP contribution in [-0.4, -0.2) is 16.2 Å². The maximum atomic E-state index is 10.7. The highest BCUT2D eigenvalue weighted by atomic mass is 35.5. The molecule has 0 unspecified atom stereocenters. The number of hydrogen-bond acceptors (Lipinski definition) is 3. The van der Waals surface area contributed by atoms with Crippen LogP contribution in [0.3, 0.4) is 0 Å². The lowest BCUT2D eigenvalue weighted by Gasteiger charge is -1.96. The van der Waals surface area contributed by atoms with Gasteiger partial charge in [-0.05, 0) is 17.7 Å². The fraction of sp³-hybridized carbons (Fsp3) is 0.0909. The number of esters is 1. The normalized spacial score (nSPS) is 10.1. The van der Waals surface area contributed by atoms with Crippen molar-refractivity contribution in [2.45, 2.75) is 6.92 Å². The van der Waals surface area contributed by atoms with Crippen LogP contribution in [-0.2, 0) is 4.79 Å². The highest BCUT2D eigenvalue weighted by Gasteiger charge is 2.05. The van der Waals surface area contributed by atoms with Gasteiger partial charge in [-0.2, -0.15) is 0 Å². The van der Waals surface area contributed by atoms with E-state index >= 15 is 0 Å². The van der Waals surface area contributed by atoms with Gasteiger partial charge in [0.25, 0.3) is 0 Å². The molecule has 0 aliphatic carbocycles. The molecule has 1 N–H and O–H groups in total. The van der Waals surface area contributed by atoms with Gasteiger partial charge >= 0.3 is 5.97 Å². The van der Waals surface area contributed by atoms with Crippen LogP contribution in [0.5, 0.6) is 5.88 Å². The molecule has 0 aliphatic rings. The van der Waals surface area contributed by atoms with Gasteiger partial charge in [-0.1, -0.05) is 23.7 Å². The predicted molar refractivity (Wildman–Crippen MR) is 60.3 cm³/mol. The van der Waals surface area contributed by atoms with Gasteiger partial charge < -0.3 is 4.74 Å². The SMILES string of the molecule is CC(=O)Oc1cc(-c2ccc(Cl)cc2)[nH]n1. The summed E-state index contributed by atoms with van der Waals surface area (Å²) in [6.45, 7) is 1.33. The van der Waals surface area contributed by atoms with Crippen molar-refractivity contribution in [2.24, 2.45) is 0 Å². The van der Waals surface area contributed by atoms with Crippen molar-refractivity contribution in [3.8, 4) is 17.1 Å². The summed E-state index contributed by atoms with van der Waals surface area (Å²) < 4.78 is 4.83. The molecule has 1 aromatic heterocycles. The van der Waals surface area contributed by atoms with Crippen LogP contribution < -0.4 is 4.74 Å². The highest BCUT2D eigenvalue weighted by Crippen LogP contribution is 2.22. The number of carbonyl (C=O) groups is 1. The lowest BCUT2D eigenvalue weighted by molar-refractivity contribution is -0.132. The van der Waals surface area contributed by atoms with Crippen LogP contribution in [0.2, 0.25) is 5.02 Å². The van der Waals surface area contributed by atoms with Crippen molar-refractivity contribution in [3.05, 3.63) is 35.4 Å². The van der Waals surface area contributed by atoms with Crippen LogP contribution >= 0.6 is 11.6 Å². The van der Waals surface area contributed by atoms with Gasteiger partial charge in [0.15, 0.2) is 0 Å². The first-order chi connectivity index (χ1) is 7.65. The fourth-order valence-electron chi connectivity index (χ4n) is 1.28. The number of aromatic nitrogens is 2. The lowest BCUT2D eigenvalue weighted by atomic mass is 10.2. The second kappa shape index (κ2) is 4.37. The van der Waals surface area contributed by atoms with E-state index in [4.69, 9.17) is 16.3 Å². The summed E-state index contributed by atoms with van der Waals surface area (Å²) in [6, 6.07) is 8.93. The summed E-state index contributed by atoms with van der Waals surface area (Å²) in [4.78, 5) is 10.7. The van der Waals surface area contributed by atoms with Crippen LogP contribution in [0.4, 0.5) is 0 Å². The lowest BCUT2D eigenvalue weighted by Crippen LogP contribution is -2.01. The molecule has 0 spiro atoms. The third-order valence-electron chi connectivity index (χ3n) is 1.96. The Morgan fingerprint density at radius 1 is 1.38 bits per heavy atom. The van der Waals surface area contributed by atoms with Crippen molar-refractivity contribution in [1.29, 1.82) is 0 Å². The number of H-pyrrole nitrogens is 1. The van der Waals surface area contributed by atoms with Crippen LogP contribution in [0.1, 0.15) is 6.92 Å². The maximum Gasteiger partial charge on any atom is 0.309 e. The highest BCUT2D eigenvalue weighted by molar-refractivity contribution is 6.30. The van der Waals surface area contributed by atoms with Crippen molar-refractivity contribution in [1.82, 2.24) is 10.2 Å². The Morgan fingerprint density at radius 3 is 2.69 bits per heavy atom. The van der Waals surface area contributed by atoms with Crippen LogP contribution in [0.25, 0.3) is 11.3 Å². The first-order valence-electron chi connectivity index (χ1n) is 4.65. The molecule has 5 heteroatoms. The molecule has 0 radical (unpaired) electrons. The van der Waals surface area contributed by atoms with Gasteiger partial charge in [-0.15, -0.1) is 5.10 Å². The number of halogens is 1. The van der Waals surface area contributed by atoms with E-state index in [1.807, 2.05) is 12.1 Å². The van der Waals surface area contributed by atoms with Gasteiger partial charge in [-0.3, -0.25) is 9.89 Å². The number of rotatable bonds is 2. The number of nitrogens with one attached hydrogen (secondary N) is 1. The number of nitrogens with zero attached hydrogens (tertiary/aromatic N) is 1. The van der Waals surface area contributed by atoms with Crippen molar-refractivity contribution in [2.75, 3.05) is 0 Å². The molecule has 0 saturated heterocycles. The zero-order valence-corrected chi connectivity index (χ0v) is 9.28. The topological polar surface area (TPSA) is 55.0 Å². The summed E-state index contributed by atoms with van der Waals surface area (Å²) in [5.74, 6) is -0.133. The molecular formula is C11H9ClN2O2. The summed E-state index contributed by atoms with van der Waals surface area (Å²) in [5, 5.41) is 7.30. The van der Waals surface area contributed by atoms with E-state index in [1.54, 1.807) is 18.2 Å². The minimum atomic E-state index is -0.394. The maximum absolute atomic E-state index is 10.7. The van der Waals surface area contributed by atoms with E-state index in [0.29, 0.717) is 5.02 Å². The molecule has 0 amide bonds. The molecule has 0 atom stereocenters. The Hall–Kier alpha value is -1.81. The molecule has 16 heavy (non-hydrogen) atoms. The summed E-state index contributed by atoms with van der Waals surface area (Å²) in [6.07, 6.45) is 0. The molecule has 1 aromatic carbocycles. The van der Waals surface area contributed by atoms with Gasteiger partial charge in [0.05, 0.1) is 5.69 Å².